The van der Waals surface area contributed by atoms with E-state index in [9.17, 15) is 0 Å². The largest absolute Gasteiger partial charge is 0.271 e. The molecule has 2 rings (SSSR count). The minimum Gasteiger partial charge on any atom is -0.271 e. The van der Waals surface area contributed by atoms with E-state index in [-0.39, 0.29) is 6.04 Å². The zero-order chi connectivity index (χ0) is 11.4. The Labute approximate surface area is 98.5 Å². The number of nitrogens with one attached hydrogen (secondary N) is 1. The number of nitrogens with zero attached hydrogens (tertiary/aromatic N) is 2. The topological polar surface area (TPSA) is 63.8 Å². The number of hydrogen-bond acceptors (Lipinski definition) is 4. The maximum Gasteiger partial charge on any atom is 0.0896 e. The summed E-state index contributed by atoms with van der Waals surface area (Å²) in [5, 5.41) is 0.603. The van der Waals surface area contributed by atoms with Crippen molar-refractivity contribution in [3.8, 4) is 0 Å². The Morgan fingerprint density at radius 2 is 2.12 bits per heavy atom. The molecule has 2 aromatic heterocycles. The van der Waals surface area contributed by atoms with Crippen molar-refractivity contribution in [2.24, 2.45) is 5.84 Å². The van der Waals surface area contributed by atoms with E-state index in [0.717, 1.165) is 11.3 Å². The molecule has 0 aromatic carbocycles. The fourth-order valence-electron chi connectivity index (χ4n) is 1.46. The highest BCUT2D eigenvalue weighted by molar-refractivity contribution is 6.30. The minimum atomic E-state index is -0.175. The predicted octanol–water partition coefficient (Wildman–Crippen LogP) is 1.68. The molecule has 0 aliphatic heterocycles. The molecule has 0 fully saturated rings. The highest BCUT2D eigenvalue weighted by atomic mass is 35.5. The molecule has 0 spiro atoms. The Balaban J connectivity index is 2.33. The van der Waals surface area contributed by atoms with Crippen LogP contribution in [-0.2, 0) is 0 Å². The SMILES string of the molecule is NNC(c1cccnc1)c1ccc(Cl)cn1. The van der Waals surface area contributed by atoms with Gasteiger partial charge < -0.3 is 0 Å². The van der Waals surface area contributed by atoms with Crippen LogP contribution in [0.3, 0.4) is 0 Å². The van der Waals surface area contributed by atoms with Crippen LogP contribution in [0.1, 0.15) is 17.3 Å². The number of halogens is 1. The second-order valence-corrected chi connectivity index (χ2v) is 3.72. The van der Waals surface area contributed by atoms with Crippen LogP contribution >= 0.6 is 11.6 Å². The first-order valence-electron chi connectivity index (χ1n) is 4.79. The van der Waals surface area contributed by atoms with E-state index in [1.807, 2.05) is 18.2 Å². The number of hydrogen-bond donors (Lipinski definition) is 2. The van der Waals surface area contributed by atoms with Crippen LogP contribution in [0.15, 0.2) is 42.9 Å². The second kappa shape index (κ2) is 5.03. The van der Waals surface area contributed by atoms with E-state index in [1.165, 1.54) is 0 Å². The smallest absolute Gasteiger partial charge is 0.0896 e. The quantitative estimate of drug-likeness (QED) is 0.627. The van der Waals surface area contributed by atoms with Crippen LogP contribution < -0.4 is 11.3 Å². The first-order valence-corrected chi connectivity index (χ1v) is 5.16. The molecule has 0 radical (unpaired) electrons. The van der Waals surface area contributed by atoms with Crippen molar-refractivity contribution in [3.63, 3.8) is 0 Å². The van der Waals surface area contributed by atoms with E-state index in [4.69, 9.17) is 17.4 Å². The van der Waals surface area contributed by atoms with Crippen molar-refractivity contribution in [1.82, 2.24) is 15.4 Å². The number of pyridine rings is 2. The van der Waals surface area contributed by atoms with Gasteiger partial charge in [-0.25, -0.2) is 5.43 Å². The zero-order valence-electron chi connectivity index (χ0n) is 8.47. The van der Waals surface area contributed by atoms with E-state index in [1.54, 1.807) is 24.7 Å². The maximum atomic E-state index is 5.78. The molecule has 0 saturated heterocycles. The van der Waals surface area contributed by atoms with Crippen molar-refractivity contribution in [3.05, 3.63) is 59.1 Å². The van der Waals surface area contributed by atoms with Crippen LogP contribution in [0.4, 0.5) is 0 Å². The van der Waals surface area contributed by atoms with Gasteiger partial charge in [-0.15, -0.1) is 0 Å². The Morgan fingerprint density at radius 1 is 1.25 bits per heavy atom. The molecule has 4 nitrogen and oxygen atoms in total. The highest BCUT2D eigenvalue weighted by Crippen LogP contribution is 2.19. The summed E-state index contributed by atoms with van der Waals surface area (Å²) in [5.74, 6) is 5.52. The van der Waals surface area contributed by atoms with Crippen molar-refractivity contribution in [1.29, 1.82) is 0 Å². The van der Waals surface area contributed by atoms with E-state index >= 15 is 0 Å². The van der Waals surface area contributed by atoms with Gasteiger partial charge in [0.05, 0.1) is 16.8 Å². The molecular formula is C11H11ClN4. The van der Waals surface area contributed by atoms with Gasteiger partial charge in [0, 0.05) is 18.6 Å². The van der Waals surface area contributed by atoms with Crippen LogP contribution in [0.5, 0.6) is 0 Å². The third kappa shape index (κ3) is 2.36. The third-order valence-electron chi connectivity index (χ3n) is 2.23. The average Bonchev–Trinajstić information content (AvgIpc) is 2.34. The Morgan fingerprint density at radius 3 is 2.69 bits per heavy atom. The Bertz CT molecular complexity index is 443. The first-order chi connectivity index (χ1) is 7.81. The number of rotatable bonds is 3. The normalized spacial score (nSPS) is 12.4. The van der Waals surface area contributed by atoms with Crippen LogP contribution in [0.2, 0.25) is 5.02 Å². The predicted molar refractivity (Wildman–Crippen MR) is 62.7 cm³/mol. The number of hydrazine groups is 1. The molecule has 1 unspecified atom stereocenters. The molecule has 1 atom stereocenters. The van der Waals surface area contributed by atoms with E-state index in [0.29, 0.717) is 5.02 Å². The van der Waals surface area contributed by atoms with Gasteiger partial charge in [0.1, 0.15) is 0 Å². The number of aromatic nitrogens is 2. The lowest BCUT2D eigenvalue weighted by atomic mass is 10.1. The van der Waals surface area contributed by atoms with Crippen LogP contribution in [0.25, 0.3) is 0 Å². The third-order valence-corrected chi connectivity index (χ3v) is 2.45. The van der Waals surface area contributed by atoms with Crippen molar-refractivity contribution in [2.45, 2.75) is 6.04 Å². The molecule has 2 heterocycles. The van der Waals surface area contributed by atoms with E-state index in [2.05, 4.69) is 15.4 Å². The van der Waals surface area contributed by atoms with Crippen LogP contribution in [-0.4, -0.2) is 9.97 Å². The zero-order valence-corrected chi connectivity index (χ0v) is 9.22. The minimum absolute atomic E-state index is 0.175. The fourth-order valence-corrected chi connectivity index (χ4v) is 1.57. The summed E-state index contributed by atoms with van der Waals surface area (Å²) in [5.41, 5.74) is 4.47. The molecule has 2 aromatic rings. The summed E-state index contributed by atoms with van der Waals surface area (Å²) in [6.07, 6.45) is 5.06. The van der Waals surface area contributed by atoms with Crippen molar-refractivity contribution in [2.75, 3.05) is 0 Å². The standard InChI is InChI=1S/C11H11ClN4/c12-9-3-4-10(15-7-9)11(16-13)8-2-1-5-14-6-8/h1-7,11,16H,13H2. The molecule has 0 saturated carbocycles. The molecule has 0 bridgehead atoms. The average molecular weight is 235 g/mol. The Hall–Kier alpha value is -1.49. The monoisotopic (exact) mass is 234 g/mol. The first kappa shape index (κ1) is 11.0. The van der Waals surface area contributed by atoms with Gasteiger partial charge in [0.2, 0.25) is 0 Å². The van der Waals surface area contributed by atoms with Gasteiger partial charge in [-0.1, -0.05) is 17.7 Å². The van der Waals surface area contributed by atoms with Gasteiger partial charge in [-0.3, -0.25) is 15.8 Å². The maximum absolute atomic E-state index is 5.78. The molecule has 0 aliphatic rings. The summed E-state index contributed by atoms with van der Waals surface area (Å²) < 4.78 is 0. The highest BCUT2D eigenvalue weighted by Gasteiger charge is 2.13. The molecule has 3 N–H and O–H groups in total. The van der Waals surface area contributed by atoms with Gasteiger partial charge in [-0.2, -0.15) is 0 Å². The summed E-state index contributed by atoms with van der Waals surface area (Å²) in [4.78, 5) is 8.27. The molecule has 0 aliphatic carbocycles. The summed E-state index contributed by atoms with van der Waals surface area (Å²) in [6.45, 7) is 0. The van der Waals surface area contributed by atoms with Crippen molar-refractivity contribution < 1.29 is 0 Å². The van der Waals surface area contributed by atoms with Gasteiger partial charge in [-0.05, 0) is 23.8 Å². The molecule has 0 amide bonds. The van der Waals surface area contributed by atoms with Crippen molar-refractivity contribution >= 4 is 11.6 Å². The van der Waals surface area contributed by atoms with Gasteiger partial charge in [0.15, 0.2) is 0 Å². The van der Waals surface area contributed by atoms with Crippen LogP contribution in [0, 0.1) is 0 Å². The molecular weight excluding hydrogens is 224 g/mol. The second-order valence-electron chi connectivity index (χ2n) is 3.29. The summed E-state index contributed by atoms with van der Waals surface area (Å²) >= 11 is 5.78. The molecule has 82 valence electrons. The van der Waals surface area contributed by atoms with Gasteiger partial charge >= 0.3 is 0 Å². The lowest BCUT2D eigenvalue weighted by Crippen LogP contribution is -2.29. The lowest BCUT2D eigenvalue weighted by molar-refractivity contribution is 0.619. The fraction of sp³-hybridized carbons (Fsp3) is 0.0909. The number of nitrogens with two attached hydrogens (primary N) is 1. The lowest BCUT2D eigenvalue weighted by Gasteiger charge is -2.15. The molecule has 16 heavy (non-hydrogen) atoms. The summed E-state index contributed by atoms with van der Waals surface area (Å²) in [7, 11) is 0. The van der Waals surface area contributed by atoms with E-state index < -0.39 is 0 Å². The van der Waals surface area contributed by atoms with Gasteiger partial charge in [0.25, 0.3) is 0 Å². The summed E-state index contributed by atoms with van der Waals surface area (Å²) in [6, 6.07) is 7.24. The molecule has 5 heteroatoms. The Kier molecular flexibility index (Phi) is 3.46.